The number of anilines is 2. The molecule has 1 aliphatic heterocycles. The molecule has 0 unspecified atom stereocenters. The molecule has 6 rings (SSSR count). The molecule has 290 valence electrons. The van der Waals surface area contributed by atoms with Gasteiger partial charge in [-0.05, 0) is 102 Å². The van der Waals surface area contributed by atoms with Crippen LogP contribution in [0.1, 0.15) is 74.0 Å². The third-order valence-electron chi connectivity index (χ3n) is 8.87. The second-order valence-electron chi connectivity index (χ2n) is 12.0. The molecule has 0 N–H and O–H groups in total. The van der Waals surface area contributed by atoms with Crippen LogP contribution in [0.25, 0.3) is 33.8 Å². The molecule has 2 aromatic heterocycles. The van der Waals surface area contributed by atoms with E-state index >= 15 is 0 Å². The van der Waals surface area contributed by atoms with Crippen molar-refractivity contribution >= 4 is 57.1 Å². The summed E-state index contributed by atoms with van der Waals surface area (Å²) in [4.78, 5) is 34.5. The lowest BCUT2D eigenvalue weighted by atomic mass is 10.1. The first-order valence-corrected chi connectivity index (χ1v) is 19.3. The molecule has 0 aliphatic carbocycles. The number of carbonyl (C=O) groups excluding carboxylic acids is 2. The van der Waals surface area contributed by atoms with E-state index in [4.69, 9.17) is 37.5 Å². The first-order chi connectivity index (χ1) is 26.4. The molecule has 0 fully saturated rings. The predicted octanol–water partition coefficient (Wildman–Crippen LogP) is 3.01. The van der Waals surface area contributed by atoms with Crippen LogP contribution in [0.5, 0.6) is 0 Å². The van der Waals surface area contributed by atoms with Crippen LogP contribution in [0.3, 0.4) is 0 Å². The van der Waals surface area contributed by atoms with Gasteiger partial charge in [0.1, 0.15) is 11.3 Å². The summed E-state index contributed by atoms with van der Waals surface area (Å²) in [5.41, 5.74) is 7.28. The normalized spacial score (nSPS) is 13.9. The minimum atomic E-state index is -4.94. The van der Waals surface area contributed by atoms with Gasteiger partial charge in [0.2, 0.25) is 5.89 Å². The molecule has 55 heavy (non-hydrogen) atoms. The lowest BCUT2D eigenvalue weighted by Gasteiger charge is -2.23. The molecule has 3 aromatic carbocycles. The standard InChI is InChI=1S/C40H44N5O5.ClHO4/c1-7-42-31-21-17-28(39(46)48-11-5)25-33(31)44(9-3)36(42)23-19-27(38-41-30-15-13-14-16-35(30)50-38)20-24-37-43(8-2)32-22-18-29(40(47)49-12-6)26-34(32)45(37)10-4;2-1(3,4)5/h13-26H,7-12H2,1-6H3;(H,2,3,4,5)/q+1;/p-1. The number of oxazole rings is 1. The van der Waals surface area contributed by atoms with Gasteiger partial charge in [-0.2, -0.15) is 0 Å². The van der Waals surface area contributed by atoms with Crippen molar-refractivity contribution in [2.45, 2.75) is 54.6 Å². The van der Waals surface area contributed by atoms with Gasteiger partial charge in [0.25, 0.3) is 5.82 Å². The maximum absolute atomic E-state index is 12.6. The summed E-state index contributed by atoms with van der Waals surface area (Å²) in [5.74, 6) is 1.79. The van der Waals surface area contributed by atoms with Gasteiger partial charge in [0.05, 0.1) is 48.8 Å². The van der Waals surface area contributed by atoms with Crippen LogP contribution in [0.15, 0.2) is 89.1 Å². The highest BCUT2D eigenvalue weighted by Crippen LogP contribution is 2.42. The van der Waals surface area contributed by atoms with Crippen molar-refractivity contribution in [1.82, 2.24) is 9.55 Å². The Kier molecular flexibility index (Phi) is 13.1. The molecule has 0 saturated carbocycles. The van der Waals surface area contributed by atoms with Crippen molar-refractivity contribution in [1.29, 1.82) is 0 Å². The van der Waals surface area contributed by atoms with Gasteiger partial charge in [0, 0.05) is 30.8 Å². The number of benzene rings is 3. The highest BCUT2D eigenvalue weighted by molar-refractivity contribution is 5.95. The Bertz CT molecular complexity index is 2230. The number of halogens is 1. The molecule has 0 spiro atoms. The second kappa shape index (κ2) is 17.8. The van der Waals surface area contributed by atoms with Gasteiger partial charge in [-0.15, -0.1) is 10.2 Å². The number of imidazole rings is 1. The summed E-state index contributed by atoms with van der Waals surface area (Å²) < 4.78 is 55.3. The van der Waals surface area contributed by atoms with Crippen LogP contribution >= 0.6 is 0 Å². The van der Waals surface area contributed by atoms with Gasteiger partial charge < -0.3 is 23.7 Å². The number of hydrogen-bond acceptors (Lipinski definition) is 12. The average molecular weight is 774 g/mol. The second-order valence-corrected chi connectivity index (χ2v) is 12.8. The number of aryl methyl sites for hydroxylation is 2. The molecule has 5 aromatic rings. The van der Waals surface area contributed by atoms with E-state index < -0.39 is 10.2 Å². The van der Waals surface area contributed by atoms with E-state index in [2.05, 4.69) is 58.8 Å². The number of ether oxygens (including phenoxy) is 2. The van der Waals surface area contributed by atoms with Crippen molar-refractivity contribution in [3.05, 3.63) is 108 Å². The maximum atomic E-state index is 12.6. The van der Waals surface area contributed by atoms with Gasteiger partial charge in [-0.25, -0.2) is 42.3 Å². The summed E-state index contributed by atoms with van der Waals surface area (Å²) >= 11 is 0. The van der Waals surface area contributed by atoms with Gasteiger partial charge in [-0.1, -0.05) is 12.1 Å². The Morgan fingerprint density at radius 2 is 1.44 bits per heavy atom. The number of nitrogens with zero attached hydrogens (tertiary/aromatic N) is 5. The zero-order valence-corrected chi connectivity index (χ0v) is 32.4. The number of carbonyl (C=O) groups is 2. The molecule has 0 atom stereocenters. The van der Waals surface area contributed by atoms with Crippen molar-refractivity contribution in [2.75, 3.05) is 36.1 Å². The topological polar surface area (TPSA) is 186 Å². The minimum absolute atomic E-state index is 0.322. The lowest BCUT2D eigenvalue weighted by Crippen LogP contribution is -2.68. The maximum Gasteiger partial charge on any atom is 0.338 e. The van der Waals surface area contributed by atoms with E-state index in [1.807, 2.05) is 86.7 Å². The fourth-order valence-electron chi connectivity index (χ4n) is 6.62. The Morgan fingerprint density at radius 3 is 2.04 bits per heavy atom. The molecule has 0 saturated heterocycles. The lowest BCUT2D eigenvalue weighted by molar-refractivity contribution is -2.00. The average Bonchev–Trinajstić information content (AvgIpc) is 3.82. The number of aromatic nitrogens is 3. The van der Waals surface area contributed by atoms with Gasteiger partial charge in [0.15, 0.2) is 16.6 Å². The SMILES string of the molecule is CCOC(=O)c1ccc2c(c1)N(CC)/C(=C/C=C(/C=C/c1n(CC)c3ccc(C(=O)OCC)cc3[n+]1CC)c1nc3ccccc3o1)N2CC.[O-][Cl+3]([O-])([O-])[O-]. The van der Waals surface area contributed by atoms with Crippen LogP contribution < -0.4 is 33.0 Å². The Hall–Kier alpha value is -5.51. The summed E-state index contributed by atoms with van der Waals surface area (Å²) in [7, 11) is -4.94. The van der Waals surface area contributed by atoms with Gasteiger partial charge >= 0.3 is 11.9 Å². The number of fused-ring (bicyclic) bond motifs is 3. The van der Waals surface area contributed by atoms with Crippen LogP contribution in [0.4, 0.5) is 11.4 Å². The monoisotopic (exact) mass is 773 g/mol. The van der Waals surface area contributed by atoms with Crippen molar-refractivity contribution in [2.24, 2.45) is 0 Å². The summed E-state index contributed by atoms with van der Waals surface area (Å²) in [5, 5.41) is 0. The van der Waals surface area contributed by atoms with Crippen molar-refractivity contribution in [3.63, 3.8) is 0 Å². The molecule has 14 nitrogen and oxygen atoms in total. The first kappa shape index (κ1) is 40.7. The fourth-order valence-corrected chi connectivity index (χ4v) is 6.62. The molecular weight excluding hydrogens is 730 g/mol. The third-order valence-corrected chi connectivity index (χ3v) is 8.87. The number of hydrogen-bond donors (Lipinski definition) is 0. The highest BCUT2D eigenvalue weighted by Gasteiger charge is 2.30. The molecular formula is C40H44ClN5O9. The Balaban J connectivity index is 0.00000109. The van der Waals surface area contributed by atoms with E-state index in [-0.39, 0.29) is 11.9 Å². The Labute approximate surface area is 321 Å². The number of para-hydroxylation sites is 2. The van der Waals surface area contributed by atoms with Crippen LogP contribution in [0.2, 0.25) is 0 Å². The minimum Gasteiger partial charge on any atom is -0.462 e. The highest BCUT2D eigenvalue weighted by atomic mass is 35.7. The Morgan fingerprint density at radius 1 is 0.818 bits per heavy atom. The quantitative estimate of drug-likeness (QED) is 0.103. The number of allylic oxidation sites excluding steroid dienone is 4. The smallest absolute Gasteiger partial charge is 0.338 e. The van der Waals surface area contributed by atoms with E-state index in [1.54, 1.807) is 0 Å². The van der Waals surface area contributed by atoms with Crippen LogP contribution in [0, 0.1) is 10.2 Å². The first-order valence-electron chi connectivity index (χ1n) is 18.0. The van der Waals surface area contributed by atoms with Gasteiger partial charge in [-0.3, -0.25) is 0 Å². The summed E-state index contributed by atoms with van der Waals surface area (Å²) in [6.07, 6.45) is 8.24. The third kappa shape index (κ3) is 9.07. The van der Waals surface area contributed by atoms with E-state index in [9.17, 15) is 9.59 Å². The van der Waals surface area contributed by atoms with Crippen molar-refractivity contribution < 1.29 is 56.9 Å². The number of rotatable bonds is 12. The fraction of sp³-hybridized carbons (Fsp3) is 0.300. The van der Waals surface area contributed by atoms with Crippen molar-refractivity contribution in [3.8, 4) is 0 Å². The molecule has 0 radical (unpaired) electrons. The largest absolute Gasteiger partial charge is 0.462 e. The predicted molar refractivity (Wildman–Crippen MR) is 197 cm³/mol. The van der Waals surface area contributed by atoms with Crippen LogP contribution in [-0.2, 0) is 22.6 Å². The van der Waals surface area contributed by atoms with Crippen LogP contribution in [-0.4, -0.2) is 47.8 Å². The molecule has 0 amide bonds. The molecule has 0 bridgehead atoms. The van der Waals surface area contributed by atoms with E-state index in [1.165, 1.54) is 0 Å². The molecule has 15 heteroatoms. The van der Waals surface area contributed by atoms with E-state index in [0.29, 0.717) is 48.9 Å². The summed E-state index contributed by atoms with van der Waals surface area (Å²) in [6.45, 7) is 15.5. The summed E-state index contributed by atoms with van der Waals surface area (Å²) in [6, 6.07) is 19.2. The van der Waals surface area contributed by atoms with E-state index in [0.717, 1.165) is 58.2 Å². The number of esters is 2. The molecule has 1 aliphatic rings. The molecule has 3 heterocycles. The zero-order valence-electron chi connectivity index (χ0n) is 31.6. The zero-order chi connectivity index (χ0) is 39.9.